The number of hydrogen-bond donors (Lipinski definition) is 0. The van der Waals surface area contributed by atoms with Crippen molar-refractivity contribution in [3.8, 4) is 0 Å². The average Bonchev–Trinajstić information content (AvgIpc) is 3.22. The maximum atomic E-state index is 12.5. The van der Waals surface area contributed by atoms with E-state index in [9.17, 15) is 4.79 Å². The summed E-state index contributed by atoms with van der Waals surface area (Å²) < 4.78 is 4.04. The lowest BCUT2D eigenvalue weighted by Crippen LogP contribution is -2.31. The van der Waals surface area contributed by atoms with E-state index in [-0.39, 0.29) is 5.91 Å². The molecule has 0 radical (unpaired) electrons. The standard InChI is InChI=1S/C16H19N5OS/c22-15(14-2-7-19-23-14)21-10-12-3-8-20(9-4-13(12)11-21)16-17-5-1-6-18-16/h1-2,5-7,12-13H,3-4,8-11H2/t12-,13+. The van der Waals surface area contributed by atoms with Gasteiger partial charge in [0.15, 0.2) is 0 Å². The van der Waals surface area contributed by atoms with E-state index in [1.807, 2.05) is 17.0 Å². The van der Waals surface area contributed by atoms with Gasteiger partial charge in [0.05, 0.1) is 0 Å². The van der Waals surface area contributed by atoms with Crippen molar-refractivity contribution in [1.29, 1.82) is 0 Å². The Bertz CT molecular complexity index is 646. The first-order valence-corrected chi connectivity index (χ1v) is 8.80. The zero-order valence-corrected chi connectivity index (χ0v) is 13.7. The third kappa shape index (κ3) is 2.93. The van der Waals surface area contributed by atoms with E-state index in [0.29, 0.717) is 11.8 Å². The molecule has 6 nitrogen and oxygen atoms in total. The molecule has 120 valence electrons. The van der Waals surface area contributed by atoms with Crippen molar-refractivity contribution in [2.45, 2.75) is 12.8 Å². The smallest absolute Gasteiger partial charge is 0.265 e. The number of fused-ring (bicyclic) bond motifs is 1. The molecule has 7 heteroatoms. The van der Waals surface area contributed by atoms with Crippen molar-refractivity contribution in [3.05, 3.63) is 35.6 Å². The monoisotopic (exact) mass is 329 g/mol. The average molecular weight is 329 g/mol. The highest BCUT2D eigenvalue weighted by molar-refractivity contribution is 7.08. The van der Waals surface area contributed by atoms with Gasteiger partial charge < -0.3 is 9.80 Å². The molecular formula is C16H19N5OS. The minimum atomic E-state index is 0.142. The Hall–Kier alpha value is -2.02. The molecule has 4 rings (SSSR count). The second-order valence-electron chi connectivity index (χ2n) is 6.22. The van der Waals surface area contributed by atoms with Gasteiger partial charge in [-0.3, -0.25) is 4.79 Å². The quantitative estimate of drug-likeness (QED) is 0.842. The van der Waals surface area contributed by atoms with Gasteiger partial charge in [-0.05, 0) is 48.3 Å². The van der Waals surface area contributed by atoms with Crippen molar-refractivity contribution in [2.75, 3.05) is 31.1 Å². The summed E-state index contributed by atoms with van der Waals surface area (Å²) in [6.45, 7) is 3.66. The number of nitrogens with zero attached hydrogens (tertiary/aromatic N) is 5. The topological polar surface area (TPSA) is 62.2 Å². The number of amides is 1. The highest BCUT2D eigenvalue weighted by atomic mass is 32.1. The number of hydrogen-bond acceptors (Lipinski definition) is 6. The molecule has 23 heavy (non-hydrogen) atoms. The molecule has 1 amide bonds. The van der Waals surface area contributed by atoms with Gasteiger partial charge in [-0.15, -0.1) is 0 Å². The SMILES string of the molecule is O=C(c1ccns1)N1C[C@H]2CCN(c3ncccn3)CC[C@H]2C1. The first-order chi connectivity index (χ1) is 11.3. The molecule has 4 heterocycles. The lowest BCUT2D eigenvalue weighted by Gasteiger charge is -2.21. The summed E-state index contributed by atoms with van der Waals surface area (Å²) in [5.41, 5.74) is 0. The van der Waals surface area contributed by atoms with Crippen LogP contribution in [0.5, 0.6) is 0 Å². The summed E-state index contributed by atoms with van der Waals surface area (Å²) in [5, 5.41) is 0. The van der Waals surface area contributed by atoms with Crippen LogP contribution < -0.4 is 4.90 Å². The third-order valence-electron chi connectivity index (χ3n) is 4.89. The van der Waals surface area contributed by atoms with Gasteiger partial charge in [0.25, 0.3) is 5.91 Å². The Labute approximate surface area is 139 Å². The molecular weight excluding hydrogens is 310 g/mol. The fourth-order valence-electron chi connectivity index (χ4n) is 3.65. The second kappa shape index (κ2) is 6.23. The van der Waals surface area contributed by atoms with E-state index in [1.54, 1.807) is 18.6 Å². The van der Waals surface area contributed by atoms with Gasteiger partial charge in [-0.2, -0.15) is 0 Å². The summed E-state index contributed by atoms with van der Waals surface area (Å²) in [4.78, 5) is 26.2. The summed E-state index contributed by atoms with van der Waals surface area (Å²) in [6.07, 6.45) is 7.47. The molecule has 0 aliphatic carbocycles. The predicted octanol–water partition coefficient (Wildman–Crippen LogP) is 1.92. The van der Waals surface area contributed by atoms with Gasteiger partial charge in [0.1, 0.15) is 4.88 Å². The minimum absolute atomic E-state index is 0.142. The van der Waals surface area contributed by atoms with Crippen molar-refractivity contribution in [3.63, 3.8) is 0 Å². The molecule has 2 atom stereocenters. The molecule has 2 aromatic rings. The second-order valence-corrected chi connectivity index (χ2v) is 7.05. The van der Waals surface area contributed by atoms with Crippen LogP contribution >= 0.6 is 11.5 Å². The van der Waals surface area contributed by atoms with E-state index >= 15 is 0 Å². The molecule has 0 unspecified atom stereocenters. The van der Waals surface area contributed by atoms with Crippen LogP contribution in [0, 0.1) is 11.8 Å². The number of carbonyl (C=O) groups is 1. The van der Waals surface area contributed by atoms with E-state index in [4.69, 9.17) is 0 Å². The van der Waals surface area contributed by atoms with Crippen LogP contribution in [0.3, 0.4) is 0 Å². The first kappa shape index (κ1) is 14.6. The molecule has 2 fully saturated rings. The van der Waals surface area contributed by atoms with Gasteiger partial charge in [0, 0.05) is 44.8 Å². The third-order valence-corrected chi connectivity index (χ3v) is 5.62. The van der Waals surface area contributed by atoms with Gasteiger partial charge in [-0.25, -0.2) is 14.3 Å². The highest BCUT2D eigenvalue weighted by Crippen LogP contribution is 2.33. The fraction of sp³-hybridized carbons (Fsp3) is 0.500. The maximum absolute atomic E-state index is 12.5. The number of anilines is 1. The molecule has 2 aliphatic rings. The molecule has 0 spiro atoms. The number of aromatic nitrogens is 3. The molecule has 0 saturated carbocycles. The Kier molecular flexibility index (Phi) is 3.95. The molecule has 0 aromatic carbocycles. The summed E-state index contributed by atoms with van der Waals surface area (Å²) in [6, 6.07) is 3.66. The normalized spacial score (nSPS) is 24.3. The predicted molar refractivity (Wildman–Crippen MR) is 88.5 cm³/mol. The van der Waals surface area contributed by atoms with Crippen molar-refractivity contribution < 1.29 is 4.79 Å². The number of likely N-dealkylation sites (tertiary alicyclic amines) is 1. The van der Waals surface area contributed by atoms with Crippen LogP contribution in [0.2, 0.25) is 0 Å². The Morgan fingerprint density at radius 2 is 1.78 bits per heavy atom. The lowest BCUT2D eigenvalue weighted by atomic mass is 9.92. The van der Waals surface area contributed by atoms with Crippen LogP contribution in [0.15, 0.2) is 30.7 Å². The highest BCUT2D eigenvalue weighted by Gasteiger charge is 2.37. The van der Waals surface area contributed by atoms with Gasteiger partial charge >= 0.3 is 0 Å². The zero-order valence-electron chi connectivity index (χ0n) is 12.8. The number of rotatable bonds is 2. The summed E-state index contributed by atoms with van der Waals surface area (Å²) >= 11 is 1.29. The van der Waals surface area contributed by atoms with E-state index in [2.05, 4.69) is 19.2 Å². The van der Waals surface area contributed by atoms with Gasteiger partial charge in [0.2, 0.25) is 5.95 Å². The van der Waals surface area contributed by atoms with Gasteiger partial charge in [-0.1, -0.05) is 0 Å². The zero-order chi connectivity index (χ0) is 15.6. The van der Waals surface area contributed by atoms with E-state index in [0.717, 1.165) is 49.8 Å². The van der Waals surface area contributed by atoms with Crippen LogP contribution in [0.25, 0.3) is 0 Å². The van der Waals surface area contributed by atoms with Crippen LogP contribution in [0.1, 0.15) is 22.5 Å². The van der Waals surface area contributed by atoms with Crippen LogP contribution in [0.4, 0.5) is 5.95 Å². The van der Waals surface area contributed by atoms with E-state index < -0.39 is 0 Å². The van der Waals surface area contributed by atoms with Crippen LogP contribution in [-0.2, 0) is 0 Å². The lowest BCUT2D eigenvalue weighted by molar-refractivity contribution is 0.0787. The maximum Gasteiger partial charge on any atom is 0.265 e. The summed E-state index contributed by atoms with van der Waals surface area (Å²) in [7, 11) is 0. The first-order valence-electron chi connectivity index (χ1n) is 8.03. The molecule has 2 aromatic heterocycles. The largest absolute Gasteiger partial charge is 0.341 e. The van der Waals surface area contributed by atoms with E-state index in [1.165, 1.54) is 11.5 Å². The fourth-order valence-corrected chi connectivity index (χ4v) is 4.21. The van der Waals surface area contributed by atoms with Crippen molar-refractivity contribution in [1.82, 2.24) is 19.2 Å². The molecule has 0 N–H and O–H groups in total. The summed E-state index contributed by atoms with van der Waals surface area (Å²) in [5.74, 6) is 2.13. The van der Waals surface area contributed by atoms with Crippen LogP contribution in [-0.4, -0.2) is 51.3 Å². The Morgan fingerprint density at radius 3 is 2.39 bits per heavy atom. The van der Waals surface area contributed by atoms with Crippen molar-refractivity contribution in [2.24, 2.45) is 11.8 Å². The number of carbonyl (C=O) groups excluding carboxylic acids is 1. The molecule has 0 bridgehead atoms. The molecule has 2 aliphatic heterocycles. The minimum Gasteiger partial charge on any atom is -0.341 e. The molecule has 2 saturated heterocycles. The Morgan fingerprint density at radius 1 is 1.09 bits per heavy atom. The van der Waals surface area contributed by atoms with Crippen molar-refractivity contribution >= 4 is 23.4 Å². The Balaban J connectivity index is 1.41.